The average molecular weight is 301 g/mol. The van der Waals surface area contributed by atoms with Crippen LogP contribution in [0.2, 0.25) is 0 Å². The summed E-state index contributed by atoms with van der Waals surface area (Å²) in [4.78, 5) is 26.8. The third-order valence-electron chi connectivity index (χ3n) is 5.17. The molecular formula is C18H23NO3. The van der Waals surface area contributed by atoms with Crippen molar-refractivity contribution in [1.82, 2.24) is 4.90 Å². The third kappa shape index (κ3) is 2.35. The molecule has 0 amide bonds. The molecule has 1 spiro atoms. The lowest BCUT2D eigenvalue weighted by Gasteiger charge is -2.49. The van der Waals surface area contributed by atoms with E-state index in [0.29, 0.717) is 19.6 Å². The molecule has 0 N–H and O–H groups in total. The predicted molar refractivity (Wildman–Crippen MR) is 83.4 cm³/mol. The van der Waals surface area contributed by atoms with Crippen molar-refractivity contribution in [3.8, 4) is 0 Å². The highest BCUT2D eigenvalue weighted by molar-refractivity contribution is 6.00. The number of likely N-dealkylation sites (tertiary alicyclic amines) is 1. The van der Waals surface area contributed by atoms with Gasteiger partial charge >= 0.3 is 5.97 Å². The number of piperidine rings is 1. The van der Waals surface area contributed by atoms with E-state index in [1.54, 1.807) is 6.92 Å². The summed E-state index contributed by atoms with van der Waals surface area (Å²) in [6, 6.07) is 8.40. The summed E-state index contributed by atoms with van der Waals surface area (Å²) < 4.78 is 5.06. The van der Waals surface area contributed by atoms with Crippen molar-refractivity contribution in [2.45, 2.75) is 38.1 Å². The number of rotatable bonds is 2. The van der Waals surface area contributed by atoms with E-state index in [9.17, 15) is 9.59 Å². The van der Waals surface area contributed by atoms with Crippen LogP contribution in [0, 0.1) is 5.92 Å². The van der Waals surface area contributed by atoms with Gasteiger partial charge in [0.1, 0.15) is 5.92 Å². The van der Waals surface area contributed by atoms with Crippen molar-refractivity contribution in [2.24, 2.45) is 5.92 Å². The second-order valence-corrected chi connectivity index (χ2v) is 6.37. The summed E-state index contributed by atoms with van der Waals surface area (Å²) in [5.74, 6) is -0.990. The van der Waals surface area contributed by atoms with Crippen molar-refractivity contribution in [3.05, 3.63) is 35.4 Å². The number of aryl methyl sites for hydroxylation is 1. The average Bonchev–Trinajstić information content (AvgIpc) is 2.51. The molecule has 1 aliphatic carbocycles. The van der Waals surface area contributed by atoms with Gasteiger partial charge in [-0.3, -0.25) is 14.5 Å². The van der Waals surface area contributed by atoms with Gasteiger partial charge in [-0.25, -0.2) is 0 Å². The molecule has 0 saturated carbocycles. The van der Waals surface area contributed by atoms with Gasteiger partial charge < -0.3 is 4.74 Å². The van der Waals surface area contributed by atoms with Crippen molar-refractivity contribution in [2.75, 3.05) is 20.2 Å². The molecule has 22 heavy (non-hydrogen) atoms. The fourth-order valence-corrected chi connectivity index (χ4v) is 4.02. The van der Waals surface area contributed by atoms with Crippen molar-refractivity contribution in [1.29, 1.82) is 0 Å². The van der Waals surface area contributed by atoms with Gasteiger partial charge in [-0.05, 0) is 44.4 Å². The Balaban J connectivity index is 1.92. The normalized spacial score (nSPS) is 28.5. The first kappa shape index (κ1) is 15.2. The van der Waals surface area contributed by atoms with Gasteiger partial charge in [0.15, 0.2) is 5.78 Å². The van der Waals surface area contributed by atoms with Crippen LogP contribution in [0.3, 0.4) is 0 Å². The molecule has 4 nitrogen and oxygen atoms in total. The van der Waals surface area contributed by atoms with E-state index in [1.165, 1.54) is 11.1 Å². The maximum Gasteiger partial charge on any atom is 0.317 e. The third-order valence-corrected chi connectivity index (χ3v) is 5.17. The van der Waals surface area contributed by atoms with E-state index in [4.69, 9.17) is 4.74 Å². The van der Waals surface area contributed by atoms with E-state index in [1.807, 2.05) is 13.1 Å². The number of ketones is 1. The molecule has 2 aliphatic rings. The van der Waals surface area contributed by atoms with E-state index in [0.717, 1.165) is 19.3 Å². The first-order valence-corrected chi connectivity index (χ1v) is 8.07. The van der Waals surface area contributed by atoms with Crippen LogP contribution in [-0.4, -0.2) is 36.9 Å². The van der Waals surface area contributed by atoms with E-state index in [2.05, 4.69) is 23.1 Å². The highest BCUT2D eigenvalue weighted by Crippen LogP contribution is 2.45. The fourth-order valence-electron chi connectivity index (χ4n) is 4.02. The van der Waals surface area contributed by atoms with Crippen LogP contribution in [-0.2, 0) is 26.3 Å². The highest BCUT2D eigenvalue weighted by atomic mass is 16.5. The summed E-state index contributed by atoms with van der Waals surface area (Å²) in [5, 5.41) is 0. The minimum atomic E-state index is -0.635. The van der Waals surface area contributed by atoms with Crippen LogP contribution in [0.25, 0.3) is 0 Å². The van der Waals surface area contributed by atoms with Crippen LogP contribution in [0.5, 0.6) is 0 Å². The monoisotopic (exact) mass is 301 g/mol. The smallest absolute Gasteiger partial charge is 0.317 e. The zero-order valence-electron chi connectivity index (χ0n) is 13.3. The molecule has 1 aromatic carbocycles. The molecule has 0 bridgehead atoms. The molecule has 4 heteroatoms. The number of hydrogen-bond donors (Lipinski definition) is 0. The van der Waals surface area contributed by atoms with E-state index < -0.39 is 5.92 Å². The topological polar surface area (TPSA) is 46.6 Å². The number of ether oxygens (including phenoxy) is 1. The summed E-state index contributed by atoms with van der Waals surface area (Å²) >= 11 is 0. The Hall–Kier alpha value is -1.68. The molecule has 1 aliphatic heterocycles. The summed E-state index contributed by atoms with van der Waals surface area (Å²) in [7, 11) is 2.03. The van der Waals surface area contributed by atoms with Crippen molar-refractivity contribution >= 4 is 11.8 Å². The zero-order valence-corrected chi connectivity index (χ0v) is 13.3. The van der Waals surface area contributed by atoms with Crippen LogP contribution >= 0.6 is 0 Å². The van der Waals surface area contributed by atoms with Gasteiger partial charge in [0.25, 0.3) is 0 Å². The molecule has 2 atom stereocenters. The number of carbonyl (C=O) groups is 2. The molecular weight excluding hydrogens is 278 g/mol. The van der Waals surface area contributed by atoms with Crippen LogP contribution in [0.1, 0.15) is 37.3 Å². The van der Waals surface area contributed by atoms with E-state index >= 15 is 0 Å². The standard InChI is InChI=1S/C18H23NO3/c1-3-22-17(21)14-12-19(2)18(11-16(14)20)10-6-8-13-7-4-5-9-15(13)18/h4-5,7,9,14H,3,6,8,10-12H2,1-2H3. The molecule has 1 saturated heterocycles. The molecule has 1 heterocycles. The Kier molecular flexibility index (Phi) is 4.04. The summed E-state index contributed by atoms with van der Waals surface area (Å²) in [6.07, 6.45) is 3.53. The molecule has 1 aromatic rings. The number of esters is 1. The van der Waals surface area contributed by atoms with Crippen LogP contribution in [0.15, 0.2) is 24.3 Å². The molecule has 0 radical (unpaired) electrons. The van der Waals surface area contributed by atoms with Gasteiger partial charge in [0.05, 0.1) is 12.1 Å². The molecule has 3 rings (SSSR count). The van der Waals surface area contributed by atoms with Gasteiger partial charge in [0.2, 0.25) is 0 Å². The second-order valence-electron chi connectivity index (χ2n) is 6.37. The quantitative estimate of drug-likeness (QED) is 0.621. The zero-order chi connectivity index (χ0) is 15.7. The number of nitrogens with zero attached hydrogens (tertiary/aromatic N) is 1. The van der Waals surface area contributed by atoms with E-state index in [-0.39, 0.29) is 17.3 Å². The van der Waals surface area contributed by atoms with Gasteiger partial charge in [-0.15, -0.1) is 0 Å². The molecule has 118 valence electrons. The maximum atomic E-state index is 12.6. The lowest BCUT2D eigenvalue weighted by Crippen LogP contribution is -2.56. The van der Waals surface area contributed by atoms with Crippen molar-refractivity contribution in [3.63, 3.8) is 0 Å². The first-order valence-electron chi connectivity index (χ1n) is 8.07. The SMILES string of the molecule is CCOC(=O)C1CN(C)C2(CCCc3ccccc32)CC1=O. The van der Waals surface area contributed by atoms with Gasteiger partial charge in [0, 0.05) is 13.0 Å². The van der Waals surface area contributed by atoms with Gasteiger partial charge in [-0.1, -0.05) is 24.3 Å². The van der Waals surface area contributed by atoms with Crippen LogP contribution < -0.4 is 0 Å². The number of carbonyl (C=O) groups excluding carboxylic acids is 2. The number of benzene rings is 1. The Morgan fingerprint density at radius 3 is 2.95 bits per heavy atom. The number of hydrogen-bond acceptors (Lipinski definition) is 4. The highest BCUT2D eigenvalue weighted by Gasteiger charge is 2.49. The van der Waals surface area contributed by atoms with Gasteiger partial charge in [-0.2, -0.15) is 0 Å². The number of Topliss-reactive ketones (excluding diaryl/α,β-unsaturated/α-hetero) is 1. The fraction of sp³-hybridized carbons (Fsp3) is 0.556. The Morgan fingerprint density at radius 1 is 1.41 bits per heavy atom. The Morgan fingerprint density at radius 2 is 2.18 bits per heavy atom. The largest absolute Gasteiger partial charge is 0.465 e. The number of fused-ring (bicyclic) bond motifs is 2. The molecule has 1 fully saturated rings. The molecule has 0 aromatic heterocycles. The lowest BCUT2D eigenvalue weighted by atomic mass is 9.69. The second kappa shape index (κ2) is 5.84. The lowest BCUT2D eigenvalue weighted by molar-refractivity contribution is -0.157. The minimum absolute atomic E-state index is 0.0215. The van der Waals surface area contributed by atoms with Crippen LogP contribution in [0.4, 0.5) is 0 Å². The molecule has 2 unspecified atom stereocenters. The Bertz CT molecular complexity index is 598. The summed E-state index contributed by atoms with van der Waals surface area (Å²) in [6.45, 7) is 2.54. The maximum absolute atomic E-state index is 12.6. The minimum Gasteiger partial charge on any atom is -0.465 e. The first-order chi connectivity index (χ1) is 10.6. The predicted octanol–water partition coefficient (Wildman–Crippen LogP) is 2.30. The summed E-state index contributed by atoms with van der Waals surface area (Å²) in [5.41, 5.74) is 2.36. The van der Waals surface area contributed by atoms with Crippen molar-refractivity contribution < 1.29 is 14.3 Å². The Labute approximate surface area is 131 Å².